The second-order valence-corrected chi connectivity index (χ2v) is 6.67. The summed E-state index contributed by atoms with van der Waals surface area (Å²) in [7, 11) is -3.61. The van der Waals surface area contributed by atoms with Crippen molar-refractivity contribution < 1.29 is 26.4 Å². The number of rotatable bonds is 3. The van der Waals surface area contributed by atoms with Crippen LogP contribution in [0.5, 0.6) is 0 Å². The van der Waals surface area contributed by atoms with Gasteiger partial charge < -0.3 is 0 Å². The lowest BCUT2D eigenvalue weighted by Crippen LogP contribution is -2.40. The van der Waals surface area contributed by atoms with Gasteiger partial charge in [0.2, 0.25) is 0 Å². The van der Waals surface area contributed by atoms with Gasteiger partial charge in [-0.25, -0.2) is 22.7 Å². The molecule has 0 unspecified atom stereocenters. The molecule has 2 aromatic rings. The minimum Gasteiger partial charge on any atom is -0.278 e. The van der Waals surface area contributed by atoms with Crippen molar-refractivity contribution in [1.82, 2.24) is 19.1 Å². The van der Waals surface area contributed by atoms with Crippen LogP contribution >= 0.6 is 0 Å². The van der Waals surface area contributed by atoms with Crippen molar-refractivity contribution in [2.45, 2.75) is 18.0 Å². The summed E-state index contributed by atoms with van der Waals surface area (Å²) in [5.74, 6) is 0.0562. The largest absolute Gasteiger partial charge is 0.417 e. The number of sulfonamides is 1. The van der Waals surface area contributed by atoms with E-state index in [-0.39, 0.29) is 10.5 Å². The molecule has 0 aliphatic carbocycles. The summed E-state index contributed by atoms with van der Waals surface area (Å²) < 4.78 is 66.0. The summed E-state index contributed by atoms with van der Waals surface area (Å²) >= 11 is 0. The average Bonchev–Trinajstić information content (AvgIpc) is 2.83. The Hall–Kier alpha value is -2.89. The Morgan fingerprint density at radius 3 is 2.46 bits per heavy atom. The molecule has 140 valence electrons. The van der Waals surface area contributed by atoms with Gasteiger partial charge in [0.05, 0.1) is 10.5 Å². The van der Waals surface area contributed by atoms with E-state index in [1.54, 1.807) is 6.92 Å². The van der Waals surface area contributed by atoms with Crippen LogP contribution in [-0.4, -0.2) is 28.8 Å². The van der Waals surface area contributed by atoms with Gasteiger partial charge in [-0.15, -0.1) is 9.78 Å². The molecule has 0 aliphatic heterocycles. The van der Waals surface area contributed by atoms with Crippen LogP contribution in [0.2, 0.25) is 0 Å². The highest BCUT2D eigenvalue weighted by Gasteiger charge is 2.37. The van der Waals surface area contributed by atoms with Crippen molar-refractivity contribution in [2.24, 2.45) is 7.05 Å². The number of nitrogens with zero attached hydrogens (tertiary/aromatic N) is 3. The van der Waals surface area contributed by atoms with Crippen LogP contribution in [0.1, 0.15) is 18.3 Å². The monoisotopic (exact) mass is 390 g/mol. The highest BCUT2D eigenvalue weighted by Crippen LogP contribution is 2.33. The van der Waals surface area contributed by atoms with E-state index in [1.165, 1.54) is 23.9 Å². The summed E-state index contributed by atoms with van der Waals surface area (Å²) in [4.78, 5) is 22.9. The molecule has 2 rings (SSSR count). The lowest BCUT2D eigenvalue weighted by Gasteiger charge is -2.13. The Kier molecular flexibility index (Phi) is 5.07. The Labute approximate surface area is 145 Å². The van der Waals surface area contributed by atoms with Gasteiger partial charge in [0.25, 0.3) is 10.0 Å². The molecule has 0 radical (unpaired) electrons. The third kappa shape index (κ3) is 3.69. The summed E-state index contributed by atoms with van der Waals surface area (Å²) in [6.07, 6.45) is -2.03. The number of allylic oxidation sites excluding steroid dienone is 1. The van der Waals surface area contributed by atoms with E-state index in [9.17, 15) is 31.2 Å². The van der Waals surface area contributed by atoms with Crippen LogP contribution in [0, 0.1) is 0 Å². The van der Waals surface area contributed by atoms with Gasteiger partial charge in [-0.05, 0) is 25.1 Å². The number of alkyl halides is 3. The number of aromatic nitrogens is 3. The number of nitrogens with one attached hydrogen (secondary N) is 1. The maximum absolute atomic E-state index is 13.0. The average molecular weight is 390 g/mol. The van der Waals surface area contributed by atoms with Crippen molar-refractivity contribution in [2.75, 3.05) is 0 Å². The van der Waals surface area contributed by atoms with Gasteiger partial charge in [-0.3, -0.25) is 4.57 Å². The van der Waals surface area contributed by atoms with Crippen molar-refractivity contribution >= 4 is 22.1 Å². The van der Waals surface area contributed by atoms with Crippen LogP contribution in [0.3, 0.4) is 0 Å². The van der Waals surface area contributed by atoms with Crippen LogP contribution in [0.4, 0.5) is 18.0 Å². The number of carbonyl (C=O) groups excluding carboxylic acids is 1. The normalized spacial score (nSPS) is 12.5. The highest BCUT2D eigenvalue weighted by molar-refractivity contribution is 7.90. The molecule has 0 bridgehead atoms. The third-order valence-electron chi connectivity index (χ3n) is 3.23. The van der Waals surface area contributed by atoms with Crippen molar-refractivity contribution in [3.8, 4) is 0 Å². The Balaban J connectivity index is 2.45. The van der Waals surface area contributed by atoms with Gasteiger partial charge in [0.1, 0.15) is 0 Å². The molecule has 1 N–H and O–H groups in total. The molecule has 1 aromatic carbocycles. The topological polar surface area (TPSA) is 103 Å². The second kappa shape index (κ2) is 6.78. The number of benzene rings is 1. The minimum absolute atomic E-state index is 0.0562. The van der Waals surface area contributed by atoms with E-state index in [1.807, 2.05) is 0 Å². The van der Waals surface area contributed by atoms with E-state index < -0.39 is 38.4 Å². The number of hydrogen-bond acceptors (Lipinski definition) is 5. The molecule has 0 aliphatic rings. The number of carbonyl (C=O) groups is 1. The summed E-state index contributed by atoms with van der Waals surface area (Å²) in [5, 5.41) is 3.63. The minimum atomic E-state index is -4.95. The van der Waals surface area contributed by atoms with E-state index in [4.69, 9.17) is 0 Å². The molecule has 26 heavy (non-hydrogen) atoms. The quantitative estimate of drug-likeness (QED) is 0.857. The predicted octanol–water partition coefficient (Wildman–Crippen LogP) is 1.58. The Morgan fingerprint density at radius 2 is 1.88 bits per heavy atom. The van der Waals surface area contributed by atoms with Crippen LogP contribution in [-0.2, 0) is 23.2 Å². The smallest absolute Gasteiger partial charge is 0.278 e. The summed E-state index contributed by atoms with van der Waals surface area (Å²) in [6, 6.07) is 1.85. The number of halogens is 3. The SMILES string of the molecule is C/C=C\c1nn(C(=O)NS(=O)(=O)c2ccccc2C(F)(F)F)c(=O)n1C. The van der Waals surface area contributed by atoms with E-state index >= 15 is 0 Å². The molecule has 8 nitrogen and oxygen atoms in total. The molecular weight excluding hydrogens is 377 g/mol. The number of hydrogen-bond donors (Lipinski definition) is 1. The third-order valence-corrected chi connectivity index (χ3v) is 4.60. The summed E-state index contributed by atoms with van der Waals surface area (Å²) in [6.45, 7) is 1.63. The van der Waals surface area contributed by atoms with Crippen LogP contribution in [0.15, 0.2) is 40.0 Å². The molecule has 0 fully saturated rings. The van der Waals surface area contributed by atoms with Crippen molar-refractivity contribution in [1.29, 1.82) is 0 Å². The zero-order chi connectivity index (χ0) is 19.7. The zero-order valence-corrected chi connectivity index (χ0v) is 14.3. The first-order chi connectivity index (χ1) is 12.0. The van der Waals surface area contributed by atoms with E-state index in [0.29, 0.717) is 12.1 Å². The van der Waals surface area contributed by atoms with Gasteiger partial charge in [0.15, 0.2) is 5.82 Å². The Bertz CT molecular complexity index is 1040. The first-order valence-electron chi connectivity index (χ1n) is 7.01. The standard InChI is InChI=1S/C14H13F3N4O4S/c1-3-6-11-18-21(13(23)20(11)2)12(22)19-26(24,25)10-8-5-4-7-9(10)14(15,16)17/h3-8H,1-2H3,(H,19,22)/b6-3-. The number of amides is 1. The molecule has 0 saturated heterocycles. The highest BCUT2D eigenvalue weighted by atomic mass is 32.2. The molecule has 1 amide bonds. The lowest BCUT2D eigenvalue weighted by molar-refractivity contribution is -0.139. The zero-order valence-electron chi connectivity index (χ0n) is 13.5. The molecule has 1 heterocycles. The first-order valence-corrected chi connectivity index (χ1v) is 8.49. The maximum Gasteiger partial charge on any atom is 0.417 e. The van der Waals surface area contributed by atoms with Gasteiger partial charge in [-0.2, -0.15) is 13.2 Å². The fourth-order valence-electron chi connectivity index (χ4n) is 2.03. The van der Waals surface area contributed by atoms with Crippen LogP contribution < -0.4 is 10.4 Å². The van der Waals surface area contributed by atoms with E-state index in [0.717, 1.165) is 16.7 Å². The van der Waals surface area contributed by atoms with Gasteiger partial charge in [0, 0.05) is 7.05 Å². The molecular formula is C14H13F3N4O4S. The second-order valence-electron chi connectivity index (χ2n) is 5.02. The van der Waals surface area contributed by atoms with Crippen LogP contribution in [0.25, 0.3) is 6.08 Å². The lowest BCUT2D eigenvalue weighted by atomic mass is 10.2. The van der Waals surface area contributed by atoms with E-state index in [2.05, 4.69) is 5.10 Å². The molecule has 12 heteroatoms. The van der Waals surface area contributed by atoms with Crippen molar-refractivity contribution in [3.63, 3.8) is 0 Å². The summed E-state index contributed by atoms with van der Waals surface area (Å²) in [5.41, 5.74) is -2.40. The first kappa shape index (κ1) is 19.4. The maximum atomic E-state index is 13.0. The molecule has 0 atom stereocenters. The molecule has 0 spiro atoms. The van der Waals surface area contributed by atoms with Gasteiger partial charge in [-0.1, -0.05) is 18.2 Å². The molecule has 1 aromatic heterocycles. The van der Waals surface area contributed by atoms with Crippen molar-refractivity contribution in [3.05, 3.63) is 52.2 Å². The fraction of sp³-hybridized carbons (Fsp3) is 0.214. The fourth-order valence-corrected chi connectivity index (χ4v) is 3.18. The Morgan fingerprint density at radius 1 is 1.27 bits per heavy atom. The predicted molar refractivity (Wildman–Crippen MR) is 84.7 cm³/mol. The van der Waals surface area contributed by atoms with Gasteiger partial charge >= 0.3 is 17.9 Å². The molecule has 0 saturated carbocycles.